The second-order valence-electron chi connectivity index (χ2n) is 4.71. The maximum absolute atomic E-state index is 11.6. The van der Waals surface area contributed by atoms with Crippen molar-refractivity contribution in [3.8, 4) is 5.75 Å². The highest BCUT2D eigenvalue weighted by Crippen LogP contribution is 2.21. The van der Waals surface area contributed by atoms with Gasteiger partial charge in [0.1, 0.15) is 5.75 Å². The first-order valence-corrected chi connectivity index (χ1v) is 7.26. The number of halogens is 1. The molecule has 1 aromatic heterocycles. The zero-order valence-electron chi connectivity index (χ0n) is 12.7. The van der Waals surface area contributed by atoms with E-state index in [1.165, 1.54) is 18.4 Å². The number of imide groups is 1. The van der Waals surface area contributed by atoms with Crippen LogP contribution in [0.25, 0.3) is 0 Å². The molecule has 0 saturated carbocycles. The van der Waals surface area contributed by atoms with Crippen molar-refractivity contribution in [3.63, 3.8) is 0 Å². The SMILES string of the molecule is Cc1cc(Cl)ccc1OCC(=O)OCC(=O)NC(=O)c1ccco1. The van der Waals surface area contributed by atoms with Crippen LogP contribution in [-0.4, -0.2) is 31.0 Å². The van der Waals surface area contributed by atoms with Gasteiger partial charge in [-0.15, -0.1) is 0 Å². The van der Waals surface area contributed by atoms with Crippen LogP contribution in [0.2, 0.25) is 5.02 Å². The van der Waals surface area contributed by atoms with Crippen molar-refractivity contribution in [3.05, 3.63) is 52.9 Å². The van der Waals surface area contributed by atoms with E-state index < -0.39 is 24.4 Å². The van der Waals surface area contributed by atoms with E-state index in [1.54, 1.807) is 25.1 Å². The number of carbonyl (C=O) groups is 3. The molecule has 0 aliphatic heterocycles. The highest BCUT2D eigenvalue weighted by Gasteiger charge is 2.14. The van der Waals surface area contributed by atoms with Crippen molar-refractivity contribution in [2.24, 2.45) is 0 Å². The van der Waals surface area contributed by atoms with E-state index in [2.05, 4.69) is 0 Å². The topological polar surface area (TPSA) is 94.8 Å². The van der Waals surface area contributed by atoms with Gasteiger partial charge in [-0.25, -0.2) is 4.79 Å². The van der Waals surface area contributed by atoms with Gasteiger partial charge in [-0.1, -0.05) is 11.6 Å². The Bertz CT molecular complexity index is 741. The number of carbonyl (C=O) groups excluding carboxylic acids is 3. The Labute approximate surface area is 142 Å². The second kappa shape index (κ2) is 8.16. The van der Waals surface area contributed by atoms with Crippen molar-refractivity contribution in [2.75, 3.05) is 13.2 Å². The summed E-state index contributed by atoms with van der Waals surface area (Å²) in [5, 5.41) is 2.58. The van der Waals surface area contributed by atoms with Gasteiger partial charge >= 0.3 is 5.97 Å². The number of rotatable bonds is 6. The van der Waals surface area contributed by atoms with Gasteiger partial charge in [0.05, 0.1) is 6.26 Å². The molecular weight excluding hydrogens is 338 g/mol. The Hall–Kier alpha value is -2.80. The quantitative estimate of drug-likeness (QED) is 0.801. The number of aryl methyl sites for hydroxylation is 1. The third kappa shape index (κ3) is 5.13. The number of hydrogen-bond donors (Lipinski definition) is 1. The van der Waals surface area contributed by atoms with E-state index in [0.29, 0.717) is 10.8 Å². The number of benzene rings is 1. The average molecular weight is 352 g/mol. The summed E-state index contributed by atoms with van der Waals surface area (Å²) < 4.78 is 14.8. The molecule has 2 amide bonds. The molecule has 0 fully saturated rings. The van der Waals surface area contributed by atoms with Crippen molar-refractivity contribution in [1.29, 1.82) is 0 Å². The summed E-state index contributed by atoms with van der Waals surface area (Å²) in [6.07, 6.45) is 1.30. The summed E-state index contributed by atoms with van der Waals surface area (Å²) in [6, 6.07) is 7.85. The third-order valence-electron chi connectivity index (χ3n) is 2.84. The Kier molecular flexibility index (Phi) is 5.97. The summed E-state index contributed by atoms with van der Waals surface area (Å²) in [5.41, 5.74) is 0.761. The molecule has 0 atom stereocenters. The molecule has 1 N–H and O–H groups in total. The van der Waals surface area contributed by atoms with Gasteiger partial charge in [0.2, 0.25) is 0 Å². The van der Waals surface area contributed by atoms with Crippen LogP contribution in [0.15, 0.2) is 41.0 Å². The molecule has 126 valence electrons. The molecule has 0 aliphatic carbocycles. The van der Waals surface area contributed by atoms with Gasteiger partial charge in [-0.3, -0.25) is 14.9 Å². The van der Waals surface area contributed by atoms with Gasteiger partial charge in [-0.2, -0.15) is 0 Å². The Morgan fingerprint density at radius 3 is 2.67 bits per heavy atom. The number of amides is 2. The van der Waals surface area contributed by atoms with E-state index in [-0.39, 0.29) is 12.4 Å². The van der Waals surface area contributed by atoms with Crippen molar-refractivity contribution < 1.29 is 28.3 Å². The van der Waals surface area contributed by atoms with Gasteiger partial charge in [0, 0.05) is 5.02 Å². The molecule has 0 aliphatic rings. The first-order valence-electron chi connectivity index (χ1n) is 6.88. The largest absolute Gasteiger partial charge is 0.482 e. The van der Waals surface area contributed by atoms with Crippen LogP contribution in [0.1, 0.15) is 16.1 Å². The lowest BCUT2D eigenvalue weighted by atomic mass is 10.2. The van der Waals surface area contributed by atoms with E-state index in [0.717, 1.165) is 5.56 Å². The first kappa shape index (κ1) is 17.6. The fourth-order valence-corrected chi connectivity index (χ4v) is 1.96. The summed E-state index contributed by atoms with van der Waals surface area (Å²) in [4.78, 5) is 34.6. The molecular formula is C16H14ClNO6. The molecule has 1 aromatic carbocycles. The smallest absolute Gasteiger partial charge is 0.344 e. The number of hydrogen-bond acceptors (Lipinski definition) is 6. The molecule has 2 rings (SSSR count). The maximum atomic E-state index is 11.6. The normalized spacial score (nSPS) is 10.1. The van der Waals surface area contributed by atoms with Crippen molar-refractivity contribution >= 4 is 29.4 Å². The Morgan fingerprint density at radius 1 is 1.21 bits per heavy atom. The summed E-state index contributed by atoms with van der Waals surface area (Å²) >= 11 is 5.82. The number of nitrogens with one attached hydrogen (secondary N) is 1. The molecule has 8 heteroatoms. The minimum Gasteiger partial charge on any atom is -0.482 e. The number of furan rings is 1. The predicted octanol–water partition coefficient (Wildman–Crippen LogP) is 2.12. The monoisotopic (exact) mass is 351 g/mol. The molecule has 0 unspecified atom stereocenters. The molecule has 0 saturated heterocycles. The van der Waals surface area contributed by atoms with Crippen LogP contribution < -0.4 is 10.1 Å². The molecule has 0 spiro atoms. The third-order valence-corrected chi connectivity index (χ3v) is 3.08. The number of esters is 1. The van der Waals surface area contributed by atoms with Crippen LogP contribution in [0, 0.1) is 6.92 Å². The summed E-state index contributed by atoms with van der Waals surface area (Å²) in [7, 11) is 0. The van der Waals surface area contributed by atoms with Crippen LogP contribution >= 0.6 is 11.6 Å². The zero-order valence-corrected chi connectivity index (χ0v) is 13.5. The predicted molar refractivity (Wildman–Crippen MR) is 83.8 cm³/mol. The van der Waals surface area contributed by atoms with E-state index in [4.69, 9.17) is 25.5 Å². The molecule has 24 heavy (non-hydrogen) atoms. The summed E-state index contributed by atoms with van der Waals surface area (Å²) in [6.45, 7) is 0.802. The van der Waals surface area contributed by atoms with Gasteiger partial charge in [-0.05, 0) is 42.8 Å². The van der Waals surface area contributed by atoms with Crippen molar-refractivity contribution in [1.82, 2.24) is 5.32 Å². The number of ether oxygens (including phenoxy) is 2. The molecule has 2 aromatic rings. The van der Waals surface area contributed by atoms with Crippen LogP contribution in [0.5, 0.6) is 5.75 Å². The minimum atomic E-state index is -0.771. The highest BCUT2D eigenvalue weighted by molar-refractivity contribution is 6.30. The first-order chi connectivity index (χ1) is 11.5. The van der Waals surface area contributed by atoms with Crippen LogP contribution in [-0.2, 0) is 14.3 Å². The Morgan fingerprint density at radius 2 is 2.00 bits per heavy atom. The van der Waals surface area contributed by atoms with Crippen LogP contribution in [0.3, 0.4) is 0 Å². The lowest BCUT2D eigenvalue weighted by molar-refractivity contribution is -0.150. The fourth-order valence-electron chi connectivity index (χ4n) is 1.73. The van der Waals surface area contributed by atoms with Gasteiger partial charge in [0.25, 0.3) is 11.8 Å². The highest BCUT2D eigenvalue weighted by atomic mass is 35.5. The van der Waals surface area contributed by atoms with E-state index in [9.17, 15) is 14.4 Å². The zero-order chi connectivity index (χ0) is 17.5. The molecule has 0 radical (unpaired) electrons. The Balaban J connectivity index is 1.72. The van der Waals surface area contributed by atoms with Gasteiger partial charge in [0.15, 0.2) is 19.0 Å². The van der Waals surface area contributed by atoms with Crippen molar-refractivity contribution in [2.45, 2.75) is 6.92 Å². The average Bonchev–Trinajstić information content (AvgIpc) is 3.06. The lowest BCUT2D eigenvalue weighted by Gasteiger charge is -2.09. The minimum absolute atomic E-state index is 0.0174. The second-order valence-corrected chi connectivity index (χ2v) is 5.15. The summed E-state index contributed by atoms with van der Waals surface area (Å²) in [5.74, 6) is -1.77. The molecule has 7 nitrogen and oxygen atoms in total. The standard InChI is InChI=1S/C16H14ClNO6/c1-10-7-11(17)4-5-12(10)23-9-15(20)24-8-14(19)18-16(21)13-3-2-6-22-13/h2-7H,8-9H2,1H3,(H,18,19,21). The molecule has 1 heterocycles. The lowest BCUT2D eigenvalue weighted by Crippen LogP contribution is -2.34. The molecule has 0 bridgehead atoms. The maximum Gasteiger partial charge on any atom is 0.344 e. The van der Waals surface area contributed by atoms with E-state index in [1.807, 2.05) is 5.32 Å². The fraction of sp³-hybridized carbons (Fsp3) is 0.188. The van der Waals surface area contributed by atoms with Gasteiger partial charge < -0.3 is 13.9 Å². The van der Waals surface area contributed by atoms with E-state index >= 15 is 0 Å². The van der Waals surface area contributed by atoms with Crippen LogP contribution in [0.4, 0.5) is 0 Å².